The van der Waals surface area contributed by atoms with Crippen LogP contribution in [0.5, 0.6) is 0 Å². The minimum Gasteiger partial charge on any atom is -0.404 e. The lowest BCUT2D eigenvalue weighted by molar-refractivity contribution is -0.119. The van der Waals surface area contributed by atoms with Gasteiger partial charge < -0.3 is 14.6 Å². The number of hydrogen-bond acceptors (Lipinski definition) is 3. The van der Waals surface area contributed by atoms with Gasteiger partial charge in [0.1, 0.15) is 0 Å². The average molecular weight is 397 g/mol. The van der Waals surface area contributed by atoms with Crippen LogP contribution in [-0.2, 0) is 20.5 Å². The maximum absolute atomic E-state index is 11.9. The van der Waals surface area contributed by atoms with Crippen LogP contribution in [0.3, 0.4) is 0 Å². The fourth-order valence-corrected chi connectivity index (χ4v) is 5.71. The molecule has 3 aliphatic rings. The van der Waals surface area contributed by atoms with Crippen LogP contribution in [0, 0.1) is 11.8 Å². The number of carbonyl (C=O) groups excluding carboxylic acids is 1. The Morgan fingerprint density at radius 3 is 1.93 bits per heavy atom. The zero-order valence-corrected chi connectivity index (χ0v) is 17.9. The second-order valence-corrected chi connectivity index (χ2v) is 9.36. The molecule has 1 aromatic rings. The standard InChI is InChI=1S/C24H36BNO3/c1-18(27)26-22(17-19-11-5-2-6-12-19)25-28-23(20-13-7-3-8-14-20)24(29-25)21-15-9-4-10-16-21/h2,5-6,11-12,20-24H,3-4,7-10,13-17H2,1H3,(H,26,27). The van der Waals surface area contributed by atoms with Gasteiger partial charge in [0.25, 0.3) is 0 Å². The van der Waals surface area contributed by atoms with Crippen molar-refractivity contribution in [2.24, 2.45) is 11.8 Å². The van der Waals surface area contributed by atoms with Gasteiger partial charge in [0.2, 0.25) is 5.91 Å². The van der Waals surface area contributed by atoms with Crippen LogP contribution in [0.1, 0.15) is 76.7 Å². The molecule has 0 radical (unpaired) electrons. The van der Waals surface area contributed by atoms with Crippen molar-refractivity contribution in [2.45, 2.75) is 95.7 Å². The molecule has 0 bridgehead atoms. The molecule has 1 N–H and O–H groups in total. The molecule has 2 aliphatic carbocycles. The molecule has 2 saturated carbocycles. The number of amides is 1. The number of rotatable bonds is 6. The van der Waals surface area contributed by atoms with E-state index in [0.29, 0.717) is 11.8 Å². The summed E-state index contributed by atoms with van der Waals surface area (Å²) in [5.41, 5.74) is 1.20. The SMILES string of the molecule is CC(=O)NC(Cc1ccccc1)B1OC(C2CCCCC2)C(C2CCCCC2)O1. The van der Waals surface area contributed by atoms with E-state index in [9.17, 15) is 4.79 Å². The Hall–Kier alpha value is -1.33. The first-order valence-electron chi connectivity index (χ1n) is 11.8. The van der Waals surface area contributed by atoms with Crippen LogP contribution < -0.4 is 5.32 Å². The Morgan fingerprint density at radius 1 is 0.931 bits per heavy atom. The summed E-state index contributed by atoms with van der Waals surface area (Å²) < 4.78 is 13.3. The normalized spacial score (nSPS) is 27.7. The van der Waals surface area contributed by atoms with Gasteiger partial charge in [-0.3, -0.25) is 4.79 Å². The van der Waals surface area contributed by atoms with Crippen LogP contribution in [0.25, 0.3) is 0 Å². The molecule has 1 aliphatic heterocycles. The summed E-state index contributed by atoms with van der Waals surface area (Å²) in [5, 5.41) is 3.13. The molecule has 158 valence electrons. The van der Waals surface area contributed by atoms with Crippen molar-refractivity contribution < 1.29 is 14.1 Å². The van der Waals surface area contributed by atoms with E-state index in [1.165, 1.54) is 69.8 Å². The zero-order chi connectivity index (χ0) is 20.1. The fourth-order valence-electron chi connectivity index (χ4n) is 5.71. The molecule has 3 fully saturated rings. The monoisotopic (exact) mass is 397 g/mol. The second kappa shape index (κ2) is 10.1. The first-order valence-corrected chi connectivity index (χ1v) is 11.8. The molecular weight excluding hydrogens is 361 g/mol. The lowest BCUT2D eigenvalue weighted by atomic mass is 9.74. The summed E-state index contributed by atoms with van der Waals surface area (Å²) in [6.45, 7) is 1.59. The van der Waals surface area contributed by atoms with Crippen molar-refractivity contribution in [2.75, 3.05) is 0 Å². The number of hydrogen-bond donors (Lipinski definition) is 1. The summed E-state index contributed by atoms with van der Waals surface area (Å²) >= 11 is 0. The van der Waals surface area contributed by atoms with E-state index in [1.807, 2.05) is 18.2 Å². The van der Waals surface area contributed by atoms with Crippen LogP contribution in [0.2, 0.25) is 0 Å². The number of benzene rings is 1. The van der Waals surface area contributed by atoms with E-state index >= 15 is 0 Å². The van der Waals surface area contributed by atoms with Crippen molar-refractivity contribution >= 4 is 13.0 Å². The molecule has 4 rings (SSSR count). The highest BCUT2D eigenvalue weighted by Crippen LogP contribution is 2.40. The van der Waals surface area contributed by atoms with Crippen molar-refractivity contribution in [3.8, 4) is 0 Å². The minimum atomic E-state index is -0.349. The van der Waals surface area contributed by atoms with Gasteiger partial charge in [-0.25, -0.2) is 0 Å². The van der Waals surface area contributed by atoms with Crippen molar-refractivity contribution in [1.29, 1.82) is 0 Å². The summed E-state index contributed by atoms with van der Waals surface area (Å²) in [6.07, 6.45) is 14.1. The Kier molecular flexibility index (Phi) is 7.31. The third kappa shape index (κ3) is 5.43. The molecule has 5 heteroatoms. The number of carbonyl (C=O) groups is 1. The highest BCUT2D eigenvalue weighted by molar-refractivity contribution is 6.47. The Morgan fingerprint density at radius 2 is 1.45 bits per heavy atom. The van der Waals surface area contributed by atoms with Gasteiger partial charge in [-0.1, -0.05) is 68.9 Å². The van der Waals surface area contributed by atoms with Crippen molar-refractivity contribution in [3.63, 3.8) is 0 Å². The predicted molar refractivity (Wildman–Crippen MR) is 116 cm³/mol. The van der Waals surface area contributed by atoms with E-state index in [1.54, 1.807) is 6.92 Å². The van der Waals surface area contributed by atoms with Gasteiger partial charge in [0.15, 0.2) is 0 Å². The summed E-state index contributed by atoms with van der Waals surface area (Å²) in [4.78, 5) is 11.9. The maximum Gasteiger partial charge on any atom is 0.481 e. The quantitative estimate of drug-likeness (QED) is 0.708. The van der Waals surface area contributed by atoms with E-state index in [4.69, 9.17) is 9.31 Å². The highest BCUT2D eigenvalue weighted by atomic mass is 16.7. The summed E-state index contributed by atoms with van der Waals surface area (Å²) in [5.74, 6) is 1.05. The van der Waals surface area contributed by atoms with E-state index < -0.39 is 0 Å². The number of nitrogens with one attached hydrogen (secondary N) is 1. The zero-order valence-electron chi connectivity index (χ0n) is 17.9. The maximum atomic E-state index is 11.9. The summed E-state index contributed by atoms with van der Waals surface area (Å²) in [6, 6.07) is 10.3. The lowest BCUT2D eigenvalue weighted by Crippen LogP contribution is -2.48. The van der Waals surface area contributed by atoms with Crippen LogP contribution in [-0.4, -0.2) is 31.2 Å². The van der Waals surface area contributed by atoms with E-state index in [2.05, 4.69) is 17.4 Å². The lowest BCUT2D eigenvalue weighted by Gasteiger charge is -2.35. The average Bonchev–Trinajstić information content (AvgIpc) is 3.21. The molecule has 4 nitrogen and oxygen atoms in total. The molecule has 3 unspecified atom stereocenters. The van der Waals surface area contributed by atoms with Crippen molar-refractivity contribution in [3.05, 3.63) is 35.9 Å². The minimum absolute atomic E-state index is 0.0199. The molecule has 29 heavy (non-hydrogen) atoms. The second-order valence-electron chi connectivity index (χ2n) is 9.36. The third-order valence-corrected chi connectivity index (χ3v) is 7.15. The van der Waals surface area contributed by atoms with E-state index in [0.717, 1.165) is 6.42 Å². The first kappa shape index (κ1) is 20.9. The highest BCUT2D eigenvalue weighted by Gasteiger charge is 2.50. The van der Waals surface area contributed by atoms with Gasteiger partial charge in [0.05, 0.1) is 18.1 Å². The summed E-state index contributed by atoms with van der Waals surface area (Å²) in [7, 11) is -0.349. The molecular formula is C24H36BNO3. The predicted octanol–water partition coefficient (Wildman–Crippen LogP) is 4.71. The Bertz CT molecular complexity index is 617. The van der Waals surface area contributed by atoms with Gasteiger partial charge in [0, 0.05) is 6.92 Å². The largest absolute Gasteiger partial charge is 0.481 e. The molecule has 1 aromatic carbocycles. The molecule has 1 amide bonds. The van der Waals surface area contributed by atoms with Gasteiger partial charge in [-0.15, -0.1) is 0 Å². The Balaban J connectivity index is 1.51. The molecule has 0 aromatic heterocycles. The van der Waals surface area contributed by atoms with Gasteiger partial charge in [-0.05, 0) is 49.5 Å². The topological polar surface area (TPSA) is 47.6 Å². The molecule has 1 heterocycles. The molecule has 1 saturated heterocycles. The van der Waals surface area contributed by atoms with Crippen LogP contribution in [0.4, 0.5) is 0 Å². The van der Waals surface area contributed by atoms with Gasteiger partial charge in [-0.2, -0.15) is 0 Å². The van der Waals surface area contributed by atoms with Gasteiger partial charge >= 0.3 is 7.12 Å². The molecule has 0 spiro atoms. The molecule has 3 atom stereocenters. The van der Waals surface area contributed by atoms with Crippen LogP contribution >= 0.6 is 0 Å². The fraction of sp³-hybridized carbons (Fsp3) is 0.708. The first-order chi connectivity index (χ1) is 14.2. The smallest absolute Gasteiger partial charge is 0.404 e. The van der Waals surface area contributed by atoms with Crippen LogP contribution in [0.15, 0.2) is 30.3 Å². The third-order valence-electron chi connectivity index (χ3n) is 7.15. The van der Waals surface area contributed by atoms with Crippen molar-refractivity contribution in [1.82, 2.24) is 5.32 Å². The van der Waals surface area contributed by atoms with E-state index in [-0.39, 0.29) is 31.2 Å². The Labute approximate surface area is 176 Å².